The molecule has 1 rings (SSSR count). The first-order chi connectivity index (χ1) is 8.50. The van der Waals surface area contributed by atoms with E-state index < -0.39 is 5.82 Å². The van der Waals surface area contributed by atoms with Gasteiger partial charge in [0, 0.05) is 6.54 Å². The molecule has 5 heteroatoms. The molecule has 0 heterocycles. The maximum absolute atomic E-state index is 13.3. The van der Waals surface area contributed by atoms with Gasteiger partial charge in [-0.1, -0.05) is 19.9 Å². The number of rotatable bonds is 6. The van der Waals surface area contributed by atoms with Crippen LogP contribution in [0.25, 0.3) is 0 Å². The van der Waals surface area contributed by atoms with Crippen molar-refractivity contribution >= 4 is 11.6 Å². The topological polar surface area (TPSA) is 64.3 Å². The zero-order valence-electron chi connectivity index (χ0n) is 10.7. The van der Waals surface area contributed by atoms with Crippen molar-refractivity contribution in [2.24, 2.45) is 5.92 Å². The molecule has 0 aromatic heterocycles. The second-order valence-corrected chi connectivity index (χ2v) is 4.48. The monoisotopic (exact) mass is 254 g/mol. The third-order valence-corrected chi connectivity index (χ3v) is 2.39. The van der Waals surface area contributed by atoms with Crippen LogP contribution in [0.1, 0.15) is 20.3 Å². The quantitative estimate of drug-likeness (QED) is 0.763. The van der Waals surface area contributed by atoms with Crippen LogP contribution in [0.2, 0.25) is 0 Å². The van der Waals surface area contributed by atoms with Crippen LogP contribution in [0.3, 0.4) is 0 Å². The van der Waals surface area contributed by atoms with Crippen molar-refractivity contribution in [3.63, 3.8) is 0 Å². The van der Waals surface area contributed by atoms with Gasteiger partial charge in [-0.05, 0) is 24.5 Å². The highest BCUT2D eigenvalue weighted by Crippen LogP contribution is 2.24. The number of hydrogen-bond donors (Lipinski definition) is 2. The lowest BCUT2D eigenvalue weighted by atomic mass is 10.1. The number of amides is 1. The van der Waals surface area contributed by atoms with E-state index in [2.05, 4.69) is 19.2 Å². The number of halogens is 1. The molecule has 18 heavy (non-hydrogen) atoms. The molecule has 1 amide bonds. The van der Waals surface area contributed by atoms with E-state index in [9.17, 15) is 9.18 Å². The maximum atomic E-state index is 13.3. The SMILES string of the molecule is CC(C)CCNC(=O)COc1c(N)cccc1F. The molecule has 0 atom stereocenters. The lowest BCUT2D eigenvalue weighted by Gasteiger charge is -2.10. The molecule has 0 spiro atoms. The average Bonchev–Trinajstić information content (AvgIpc) is 2.27. The van der Waals surface area contributed by atoms with Crippen LogP contribution in [-0.4, -0.2) is 19.1 Å². The molecule has 100 valence electrons. The molecule has 0 aliphatic rings. The first kappa shape index (κ1) is 14.3. The van der Waals surface area contributed by atoms with Gasteiger partial charge in [0.05, 0.1) is 5.69 Å². The van der Waals surface area contributed by atoms with Crippen LogP contribution in [0, 0.1) is 11.7 Å². The first-order valence-corrected chi connectivity index (χ1v) is 5.94. The van der Waals surface area contributed by atoms with E-state index in [1.807, 2.05) is 0 Å². The van der Waals surface area contributed by atoms with Crippen LogP contribution in [-0.2, 0) is 4.79 Å². The van der Waals surface area contributed by atoms with Crippen LogP contribution in [0.15, 0.2) is 18.2 Å². The van der Waals surface area contributed by atoms with E-state index in [1.54, 1.807) is 0 Å². The number of carbonyl (C=O) groups is 1. The molecule has 0 saturated carbocycles. The summed E-state index contributed by atoms with van der Waals surface area (Å²) in [6.07, 6.45) is 0.896. The Hall–Kier alpha value is -1.78. The van der Waals surface area contributed by atoms with Crippen molar-refractivity contribution in [3.05, 3.63) is 24.0 Å². The molecule has 0 saturated heterocycles. The minimum Gasteiger partial charge on any atom is -0.479 e. The Bertz CT molecular complexity index is 388. The third kappa shape index (κ3) is 4.61. The second kappa shape index (κ2) is 6.83. The summed E-state index contributed by atoms with van der Waals surface area (Å²) in [5.41, 5.74) is 5.74. The maximum Gasteiger partial charge on any atom is 0.257 e. The number of nitrogen functional groups attached to an aromatic ring is 1. The number of nitrogens with one attached hydrogen (secondary N) is 1. The van der Waals surface area contributed by atoms with Crippen molar-refractivity contribution < 1.29 is 13.9 Å². The summed E-state index contributed by atoms with van der Waals surface area (Å²) in [4.78, 5) is 11.4. The lowest BCUT2D eigenvalue weighted by molar-refractivity contribution is -0.123. The highest BCUT2D eigenvalue weighted by atomic mass is 19.1. The predicted octanol–water partition coefficient (Wildman–Crippen LogP) is 1.95. The molecule has 0 radical (unpaired) electrons. The van der Waals surface area contributed by atoms with Crippen molar-refractivity contribution in [2.45, 2.75) is 20.3 Å². The van der Waals surface area contributed by atoms with Gasteiger partial charge in [0.2, 0.25) is 0 Å². The number of hydrogen-bond acceptors (Lipinski definition) is 3. The van der Waals surface area contributed by atoms with Gasteiger partial charge in [-0.15, -0.1) is 0 Å². The van der Waals surface area contributed by atoms with Gasteiger partial charge in [-0.2, -0.15) is 0 Å². The summed E-state index contributed by atoms with van der Waals surface area (Å²) in [5.74, 6) is -0.395. The normalized spacial score (nSPS) is 10.4. The third-order valence-electron chi connectivity index (χ3n) is 2.39. The molecule has 3 N–H and O–H groups in total. The summed E-state index contributed by atoms with van der Waals surface area (Å²) in [5, 5.41) is 2.70. The first-order valence-electron chi connectivity index (χ1n) is 5.94. The number of benzene rings is 1. The number of carbonyl (C=O) groups excluding carboxylic acids is 1. The zero-order valence-corrected chi connectivity index (χ0v) is 10.7. The average molecular weight is 254 g/mol. The fourth-order valence-corrected chi connectivity index (χ4v) is 1.37. The Labute approximate surface area is 106 Å². The molecular formula is C13H19FN2O2. The molecule has 0 aliphatic heterocycles. The number of nitrogens with two attached hydrogens (primary N) is 1. The van der Waals surface area contributed by atoms with Crippen LogP contribution in [0.4, 0.5) is 10.1 Å². The minimum atomic E-state index is -0.565. The van der Waals surface area contributed by atoms with Gasteiger partial charge in [0.15, 0.2) is 18.2 Å². The Kier molecular flexibility index (Phi) is 5.42. The van der Waals surface area contributed by atoms with Crippen LogP contribution < -0.4 is 15.8 Å². The molecule has 0 aliphatic carbocycles. The van der Waals surface area contributed by atoms with Gasteiger partial charge in [-0.3, -0.25) is 4.79 Å². The Balaban J connectivity index is 2.38. The van der Waals surface area contributed by atoms with Gasteiger partial charge >= 0.3 is 0 Å². The highest BCUT2D eigenvalue weighted by Gasteiger charge is 2.09. The fourth-order valence-electron chi connectivity index (χ4n) is 1.37. The summed E-state index contributed by atoms with van der Waals surface area (Å²) in [6.45, 7) is 4.50. The Morgan fingerprint density at radius 2 is 2.22 bits per heavy atom. The van der Waals surface area contributed by atoms with Crippen molar-refractivity contribution in [1.82, 2.24) is 5.32 Å². The van der Waals surface area contributed by atoms with E-state index in [0.717, 1.165) is 6.42 Å². The number of para-hydroxylation sites is 1. The van der Waals surface area contributed by atoms with E-state index in [0.29, 0.717) is 12.5 Å². The molecule has 1 aromatic rings. The van der Waals surface area contributed by atoms with Gasteiger partial charge in [0.25, 0.3) is 5.91 Å². The van der Waals surface area contributed by atoms with Gasteiger partial charge < -0.3 is 15.8 Å². The summed E-state index contributed by atoms with van der Waals surface area (Å²) < 4.78 is 18.4. The van der Waals surface area contributed by atoms with Crippen molar-refractivity contribution in [2.75, 3.05) is 18.9 Å². The smallest absolute Gasteiger partial charge is 0.257 e. The highest BCUT2D eigenvalue weighted by molar-refractivity contribution is 5.77. The molecule has 0 fully saturated rings. The molecule has 0 unspecified atom stereocenters. The fraction of sp³-hybridized carbons (Fsp3) is 0.462. The predicted molar refractivity (Wildman–Crippen MR) is 68.8 cm³/mol. The Morgan fingerprint density at radius 3 is 2.83 bits per heavy atom. The molecule has 1 aromatic carbocycles. The van der Waals surface area contributed by atoms with E-state index >= 15 is 0 Å². The molecular weight excluding hydrogens is 235 g/mol. The van der Waals surface area contributed by atoms with E-state index in [1.165, 1.54) is 18.2 Å². The summed E-state index contributed by atoms with van der Waals surface area (Å²) >= 11 is 0. The largest absolute Gasteiger partial charge is 0.479 e. The van der Waals surface area contributed by atoms with E-state index in [-0.39, 0.29) is 24.0 Å². The number of anilines is 1. The summed E-state index contributed by atoms with van der Waals surface area (Å²) in [6, 6.07) is 4.25. The molecule has 0 bridgehead atoms. The van der Waals surface area contributed by atoms with Gasteiger partial charge in [0.1, 0.15) is 0 Å². The lowest BCUT2D eigenvalue weighted by Crippen LogP contribution is -2.30. The van der Waals surface area contributed by atoms with Crippen LogP contribution in [0.5, 0.6) is 5.75 Å². The van der Waals surface area contributed by atoms with Crippen molar-refractivity contribution in [3.8, 4) is 5.75 Å². The Morgan fingerprint density at radius 1 is 1.50 bits per heavy atom. The molecule has 4 nitrogen and oxygen atoms in total. The van der Waals surface area contributed by atoms with Crippen LogP contribution >= 0.6 is 0 Å². The van der Waals surface area contributed by atoms with E-state index in [4.69, 9.17) is 10.5 Å². The van der Waals surface area contributed by atoms with Crippen molar-refractivity contribution in [1.29, 1.82) is 0 Å². The number of ether oxygens (including phenoxy) is 1. The summed E-state index contributed by atoms with van der Waals surface area (Å²) in [7, 11) is 0. The second-order valence-electron chi connectivity index (χ2n) is 4.48. The van der Waals surface area contributed by atoms with Gasteiger partial charge in [-0.25, -0.2) is 4.39 Å². The standard InChI is InChI=1S/C13H19FN2O2/c1-9(2)6-7-16-12(17)8-18-13-10(14)4-3-5-11(13)15/h3-5,9H,6-8,15H2,1-2H3,(H,16,17). The minimum absolute atomic E-state index is 0.0727. The zero-order chi connectivity index (χ0) is 13.5.